The topological polar surface area (TPSA) is 89.0 Å². The van der Waals surface area contributed by atoms with E-state index in [-0.39, 0.29) is 0 Å². The maximum Gasteiger partial charge on any atom is 0.329 e. The first-order chi connectivity index (χ1) is 10.6. The van der Waals surface area contributed by atoms with Gasteiger partial charge in [0.1, 0.15) is 11.5 Å². The molecule has 7 heteroatoms. The molecule has 0 aliphatic heterocycles. The van der Waals surface area contributed by atoms with Gasteiger partial charge in [-0.25, -0.2) is 5.43 Å². The van der Waals surface area contributed by atoms with Crippen molar-refractivity contribution in [2.24, 2.45) is 5.10 Å². The van der Waals surface area contributed by atoms with Gasteiger partial charge in [0.2, 0.25) is 0 Å². The number of carbonyl (C=O) groups is 2. The molecule has 0 unspecified atom stereocenters. The van der Waals surface area contributed by atoms with Crippen molar-refractivity contribution in [3.63, 3.8) is 0 Å². The summed E-state index contributed by atoms with van der Waals surface area (Å²) in [5, 5.41) is 6.25. The number of hydrogen-bond donors (Lipinski definition) is 2. The maximum atomic E-state index is 11.5. The molecule has 0 atom stereocenters. The van der Waals surface area contributed by atoms with Crippen LogP contribution in [0.3, 0.4) is 0 Å². The standard InChI is InChI=1S/C15H21N3O4/c1-4-5-8-16-14(19)15(20)18-17-10-11-6-7-12(21-2)9-13(11)22-3/h6-7,9-10H,4-5,8H2,1-3H3,(H,16,19)(H,18,20)/b17-10+. The zero-order valence-electron chi connectivity index (χ0n) is 13.0. The van der Waals surface area contributed by atoms with Crippen molar-refractivity contribution in [3.05, 3.63) is 23.8 Å². The van der Waals surface area contributed by atoms with Crippen molar-refractivity contribution in [3.8, 4) is 11.5 Å². The molecule has 0 radical (unpaired) electrons. The van der Waals surface area contributed by atoms with Gasteiger partial charge in [-0.1, -0.05) is 13.3 Å². The summed E-state index contributed by atoms with van der Waals surface area (Å²) >= 11 is 0. The normalized spacial score (nSPS) is 10.3. The number of hydrazone groups is 1. The fourth-order valence-corrected chi connectivity index (χ4v) is 1.60. The van der Waals surface area contributed by atoms with E-state index in [1.165, 1.54) is 13.3 Å². The molecule has 0 spiro atoms. The van der Waals surface area contributed by atoms with Crippen LogP contribution >= 0.6 is 0 Å². The van der Waals surface area contributed by atoms with Crippen LogP contribution in [-0.2, 0) is 9.59 Å². The summed E-state index contributed by atoms with van der Waals surface area (Å²) in [6, 6.07) is 5.17. The van der Waals surface area contributed by atoms with Gasteiger partial charge in [-0.2, -0.15) is 5.10 Å². The number of hydrogen-bond acceptors (Lipinski definition) is 5. The molecule has 7 nitrogen and oxygen atoms in total. The Balaban J connectivity index is 2.58. The highest BCUT2D eigenvalue weighted by atomic mass is 16.5. The van der Waals surface area contributed by atoms with Gasteiger partial charge in [0.15, 0.2) is 0 Å². The summed E-state index contributed by atoms with van der Waals surface area (Å²) < 4.78 is 10.3. The van der Waals surface area contributed by atoms with Gasteiger partial charge in [-0.05, 0) is 18.6 Å². The molecule has 0 saturated heterocycles. The third kappa shape index (κ3) is 5.43. The van der Waals surface area contributed by atoms with E-state index in [9.17, 15) is 9.59 Å². The lowest BCUT2D eigenvalue weighted by Crippen LogP contribution is -2.38. The minimum absolute atomic E-state index is 0.471. The summed E-state index contributed by atoms with van der Waals surface area (Å²) in [4.78, 5) is 22.9. The number of amides is 2. The zero-order valence-corrected chi connectivity index (χ0v) is 13.0. The van der Waals surface area contributed by atoms with Crippen LogP contribution in [0.2, 0.25) is 0 Å². The Hall–Kier alpha value is -2.57. The van der Waals surface area contributed by atoms with Crippen LogP contribution in [0.1, 0.15) is 25.3 Å². The summed E-state index contributed by atoms with van der Waals surface area (Å²) in [5.41, 5.74) is 2.82. The zero-order chi connectivity index (χ0) is 16.4. The molecule has 0 bridgehead atoms. The third-order valence-corrected chi connectivity index (χ3v) is 2.83. The van der Waals surface area contributed by atoms with Crippen molar-refractivity contribution >= 4 is 18.0 Å². The first-order valence-electron chi connectivity index (χ1n) is 6.95. The molecular formula is C15H21N3O4. The van der Waals surface area contributed by atoms with Crippen molar-refractivity contribution in [2.75, 3.05) is 20.8 Å². The summed E-state index contributed by atoms with van der Waals surface area (Å²) in [5.74, 6) is -0.315. The SMILES string of the molecule is CCCCNC(=O)C(=O)N/N=C/c1ccc(OC)cc1OC. The average Bonchev–Trinajstić information content (AvgIpc) is 2.54. The minimum atomic E-state index is -0.806. The van der Waals surface area contributed by atoms with E-state index in [2.05, 4.69) is 15.8 Å². The molecular weight excluding hydrogens is 286 g/mol. The van der Waals surface area contributed by atoms with Gasteiger partial charge >= 0.3 is 11.8 Å². The number of benzene rings is 1. The molecule has 0 aliphatic carbocycles. The molecule has 120 valence electrons. The smallest absolute Gasteiger partial charge is 0.329 e. The van der Waals surface area contributed by atoms with Gasteiger partial charge in [0.05, 0.1) is 20.4 Å². The van der Waals surface area contributed by atoms with Gasteiger partial charge in [-0.3, -0.25) is 9.59 Å². The lowest BCUT2D eigenvalue weighted by atomic mass is 10.2. The molecule has 0 aliphatic rings. The fourth-order valence-electron chi connectivity index (χ4n) is 1.60. The third-order valence-electron chi connectivity index (χ3n) is 2.83. The number of ether oxygens (including phenoxy) is 2. The van der Waals surface area contributed by atoms with Crippen LogP contribution in [0.5, 0.6) is 11.5 Å². The summed E-state index contributed by atoms with van der Waals surface area (Å²) in [6.45, 7) is 2.47. The fraction of sp³-hybridized carbons (Fsp3) is 0.400. The van der Waals surface area contributed by atoms with Crippen LogP contribution in [0.4, 0.5) is 0 Å². The van der Waals surface area contributed by atoms with Crippen LogP contribution in [0.25, 0.3) is 0 Å². The monoisotopic (exact) mass is 307 g/mol. The first-order valence-corrected chi connectivity index (χ1v) is 6.95. The van der Waals surface area contributed by atoms with E-state index < -0.39 is 11.8 Å². The Labute approximate surface area is 129 Å². The van der Waals surface area contributed by atoms with Gasteiger partial charge in [0, 0.05) is 18.2 Å². The number of methoxy groups -OCH3 is 2. The van der Waals surface area contributed by atoms with Crippen molar-refractivity contribution in [1.82, 2.24) is 10.7 Å². The van der Waals surface area contributed by atoms with E-state index in [1.807, 2.05) is 6.92 Å². The maximum absolute atomic E-state index is 11.5. The quantitative estimate of drug-likeness (QED) is 0.341. The van der Waals surface area contributed by atoms with Crippen LogP contribution in [-0.4, -0.2) is 38.8 Å². The lowest BCUT2D eigenvalue weighted by molar-refractivity contribution is -0.139. The Morgan fingerprint density at radius 2 is 2.00 bits per heavy atom. The predicted molar refractivity (Wildman–Crippen MR) is 83.2 cm³/mol. The lowest BCUT2D eigenvalue weighted by Gasteiger charge is -2.07. The molecule has 0 saturated carbocycles. The molecule has 0 fully saturated rings. The molecule has 1 aromatic rings. The number of nitrogens with zero attached hydrogens (tertiary/aromatic N) is 1. The van der Waals surface area contributed by atoms with Crippen LogP contribution in [0, 0.1) is 0 Å². The average molecular weight is 307 g/mol. The second-order valence-corrected chi connectivity index (χ2v) is 4.42. The summed E-state index contributed by atoms with van der Waals surface area (Å²) in [6.07, 6.45) is 3.16. The van der Waals surface area contributed by atoms with E-state index in [0.29, 0.717) is 23.6 Å². The minimum Gasteiger partial charge on any atom is -0.497 e. The number of nitrogens with one attached hydrogen (secondary N) is 2. The molecule has 2 amide bonds. The molecule has 2 N–H and O–H groups in total. The predicted octanol–water partition coefficient (Wildman–Crippen LogP) is 1.07. The Morgan fingerprint density at radius 1 is 1.23 bits per heavy atom. The highest BCUT2D eigenvalue weighted by molar-refractivity contribution is 6.35. The number of rotatable bonds is 7. The highest BCUT2D eigenvalue weighted by Crippen LogP contribution is 2.22. The van der Waals surface area contributed by atoms with Crippen molar-refractivity contribution in [2.45, 2.75) is 19.8 Å². The van der Waals surface area contributed by atoms with Crippen LogP contribution < -0.4 is 20.2 Å². The van der Waals surface area contributed by atoms with Crippen molar-refractivity contribution in [1.29, 1.82) is 0 Å². The van der Waals surface area contributed by atoms with Crippen molar-refractivity contribution < 1.29 is 19.1 Å². The Morgan fingerprint density at radius 3 is 2.64 bits per heavy atom. The van der Waals surface area contributed by atoms with E-state index >= 15 is 0 Å². The highest BCUT2D eigenvalue weighted by Gasteiger charge is 2.11. The second-order valence-electron chi connectivity index (χ2n) is 4.42. The molecule has 0 aromatic heterocycles. The first kappa shape index (κ1) is 17.5. The molecule has 1 aromatic carbocycles. The van der Waals surface area contributed by atoms with E-state index in [1.54, 1.807) is 25.3 Å². The van der Waals surface area contributed by atoms with Gasteiger partial charge in [0.25, 0.3) is 0 Å². The van der Waals surface area contributed by atoms with E-state index in [0.717, 1.165) is 12.8 Å². The molecule has 22 heavy (non-hydrogen) atoms. The summed E-state index contributed by atoms with van der Waals surface area (Å²) in [7, 11) is 3.08. The second kappa shape index (κ2) is 9.38. The molecule has 0 heterocycles. The van der Waals surface area contributed by atoms with E-state index in [4.69, 9.17) is 9.47 Å². The van der Waals surface area contributed by atoms with Gasteiger partial charge < -0.3 is 14.8 Å². The number of carbonyl (C=O) groups excluding carboxylic acids is 2. The number of unbranched alkanes of at least 4 members (excludes halogenated alkanes) is 1. The molecule has 1 rings (SSSR count). The van der Waals surface area contributed by atoms with Gasteiger partial charge in [-0.15, -0.1) is 0 Å². The van der Waals surface area contributed by atoms with Crippen LogP contribution in [0.15, 0.2) is 23.3 Å². The Kier molecular flexibility index (Phi) is 7.45. The largest absolute Gasteiger partial charge is 0.497 e. The Bertz CT molecular complexity index is 544.